The maximum atomic E-state index is 13.0. The van der Waals surface area contributed by atoms with Crippen molar-refractivity contribution in [1.82, 2.24) is 4.98 Å². The van der Waals surface area contributed by atoms with E-state index < -0.39 is 5.82 Å². The first kappa shape index (κ1) is 7.67. The van der Waals surface area contributed by atoms with Crippen LogP contribution in [0.1, 0.15) is 16.8 Å². The van der Waals surface area contributed by atoms with Gasteiger partial charge in [-0.3, -0.25) is 0 Å². The van der Waals surface area contributed by atoms with Crippen molar-refractivity contribution >= 4 is 0 Å². The summed E-state index contributed by atoms with van der Waals surface area (Å²) in [5.41, 5.74) is 1.13. The summed E-state index contributed by atoms with van der Waals surface area (Å²) in [5.74, 6) is -0.507. The molecule has 1 heterocycles. The van der Waals surface area contributed by atoms with Crippen molar-refractivity contribution in [1.29, 1.82) is 5.26 Å². The van der Waals surface area contributed by atoms with Crippen molar-refractivity contribution < 1.29 is 4.39 Å². The topological polar surface area (TPSA) is 36.7 Å². The van der Waals surface area contributed by atoms with Gasteiger partial charge in [0.05, 0.1) is 0 Å². The minimum atomic E-state index is -0.507. The quantitative estimate of drug-likeness (QED) is 0.564. The molecular weight excluding hydrogens is 143 g/mol. The second-order valence-corrected chi connectivity index (χ2v) is 2.34. The average Bonchev–Trinajstić information content (AvgIpc) is 2.01. The Morgan fingerprint density at radius 3 is 2.73 bits per heavy atom. The molecule has 0 fully saturated rings. The van der Waals surface area contributed by atoms with Crippen molar-refractivity contribution in [3.05, 3.63) is 28.8 Å². The fourth-order valence-electron chi connectivity index (χ4n) is 0.744. The van der Waals surface area contributed by atoms with Crippen LogP contribution in [0.15, 0.2) is 6.20 Å². The van der Waals surface area contributed by atoms with E-state index in [1.165, 1.54) is 6.20 Å². The maximum Gasteiger partial charge on any atom is 0.176 e. The highest BCUT2D eigenvalue weighted by atomic mass is 19.1. The van der Waals surface area contributed by atoms with Crippen molar-refractivity contribution in [2.45, 2.75) is 13.8 Å². The van der Waals surface area contributed by atoms with Crippen molar-refractivity contribution in [3.63, 3.8) is 0 Å². The SMILES string of the molecule is Cc1cnc(C#N)c(F)c1C. The van der Waals surface area contributed by atoms with E-state index in [1.807, 2.05) is 0 Å². The van der Waals surface area contributed by atoms with Gasteiger partial charge >= 0.3 is 0 Å². The molecule has 56 valence electrons. The van der Waals surface area contributed by atoms with E-state index in [2.05, 4.69) is 4.98 Å². The van der Waals surface area contributed by atoms with Crippen LogP contribution < -0.4 is 0 Å². The smallest absolute Gasteiger partial charge is 0.176 e. The zero-order valence-corrected chi connectivity index (χ0v) is 6.35. The number of hydrogen-bond donors (Lipinski definition) is 0. The zero-order chi connectivity index (χ0) is 8.43. The largest absolute Gasteiger partial charge is 0.242 e. The summed E-state index contributed by atoms with van der Waals surface area (Å²) in [4.78, 5) is 3.62. The Bertz CT molecular complexity index is 326. The van der Waals surface area contributed by atoms with Gasteiger partial charge in [-0.05, 0) is 25.0 Å². The van der Waals surface area contributed by atoms with Crippen LogP contribution in [-0.4, -0.2) is 4.98 Å². The average molecular weight is 150 g/mol. The monoisotopic (exact) mass is 150 g/mol. The first-order chi connectivity index (χ1) is 5.16. The maximum absolute atomic E-state index is 13.0. The molecule has 0 aliphatic carbocycles. The minimum absolute atomic E-state index is 0.131. The second kappa shape index (κ2) is 2.67. The van der Waals surface area contributed by atoms with Crippen LogP contribution in [-0.2, 0) is 0 Å². The summed E-state index contributed by atoms with van der Waals surface area (Å²) in [6.07, 6.45) is 1.50. The molecule has 0 bridgehead atoms. The van der Waals surface area contributed by atoms with Crippen LogP contribution in [0, 0.1) is 31.0 Å². The molecule has 0 aliphatic heterocycles. The van der Waals surface area contributed by atoms with E-state index in [9.17, 15) is 4.39 Å². The van der Waals surface area contributed by atoms with Gasteiger partial charge < -0.3 is 0 Å². The highest BCUT2D eigenvalue weighted by Gasteiger charge is 2.07. The number of halogens is 1. The predicted octanol–water partition coefficient (Wildman–Crippen LogP) is 1.71. The molecular formula is C8H7FN2. The summed E-state index contributed by atoms with van der Waals surface area (Å²) < 4.78 is 13.0. The lowest BCUT2D eigenvalue weighted by atomic mass is 10.1. The lowest BCUT2D eigenvalue weighted by Crippen LogP contribution is -1.95. The van der Waals surface area contributed by atoms with Gasteiger partial charge in [0.1, 0.15) is 6.07 Å². The number of nitrogens with zero attached hydrogens (tertiary/aromatic N) is 2. The van der Waals surface area contributed by atoms with Gasteiger partial charge in [-0.2, -0.15) is 5.26 Å². The zero-order valence-electron chi connectivity index (χ0n) is 6.35. The Morgan fingerprint density at radius 1 is 1.55 bits per heavy atom. The molecule has 3 heteroatoms. The molecule has 0 saturated carbocycles. The first-order valence-corrected chi connectivity index (χ1v) is 3.18. The van der Waals surface area contributed by atoms with Gasteiger partial charge in [-0.25, -0.2) is 9.37 Å². The Kier molecular flexibility index (Phi) is 1.86. The van der Waals surface area contributed by atoms with Crippen LogP contribution in [0.5, 0.6) is 0 Å². The van der Waals surface area contributed by atoms with Gasteiger partial charge in [0.15, 0.2) is 11.5 Å². The third-order valence-electron chi connectivity index (χ3n) is 1.62. The highest BCUT2D eigenvalue weighted by molar-refractivity contribution is 5.32. The molecule has 0 spiro atoms. The number of nitriles is 1. The third-order valence-corrected chi connectivity index (χ3v) is 1.62. The van der Waals surface area contributed by atoms with Gasteiger partial charge in [0.2, 0.25) is 0 Å². The van der Waals surface area contributed by atoms with Gasteiger partial charge in [0.25, 0.3) is 0 Å². The molecule has 0 amide bonds. The van der Waals surface area contributed by atoms with E-state index in [-0.39, 0.29) is 5.69 Å². The Balaban J connectivity index is 3.40. The number of aromatic nitrogens is 1. The standard InChI is InChI=1S/C8H7FN2/c1-5-4-11-7(3-10)8(9)6(5)2/h4H,1-2H3. The Labute approximate surface area is 64.3 Å². The lowest BCUT2D eigenvalue weighted by Gasteiger charge is -1.99. The van der Waals surface area contributed by atoms with Crippen molar-refractivity contribution in [2.24, 2.45) is 0 Å². The fourth-order valence-corrected chi connectivity index (χ4v) is 0.744. The summed E-state index contributed by atoms with van der Waals surface area (Å²) >= 11 is 0. The van der Waals surface area contributed by atoms with Crippen molar-refractivity contribution in [2.75, 3.05) is 0 Å². The minimum Gasteiger partial charge on any atom is -0.242 e. The number of aryl methyl sites for hydroxylation is 1. The molecule has 0 radical (unpaired) electrons. The number of rotatable bonds is 0. The van der Waals surface area contributed by atoms with Gasteiger partial charge in [0, 0.05) is 6.20 Å². The summed E-state index contributed by atoms with van der Waals surface area (Å²) in [6.45, 7) is 3.39. The molecule has 0 unspecified atom stereocenters. The fraction of sp³-hybridized carbons (Fsp3) is 0.250. The van der Waals surface area contributed by atoms with Crippen LogP contribution in [0.3, 0.4) is 0 Å². The first-order valence-electron chi connectivity index (χ1n) is 3.18. The van der Waals surface area contributed by atoms with Gasteiger partial charge in [-0.15, -0.1) is 0 Å². The van der Waals surface area contributed by atoms with E-state index in [1.54, 1.807) is 19.9 Å². The Morgan fingerprint density at radius 2 is 2.18 bits per heavy atom. The molecule has 0 saturated heterocycles. The van der Waals surface area contributed by atoms with Crippen LogP contribution in [0.2, 0.25) is 0 Å². The molecule has 1 aromatic rings. The third kappa shape index (κ3) is 1.20. The molecule has 0 N–H and O–H groups in total. The normalized spacial score (nSPS) is 9.27. The molecule has 2 nitrogen and oxygen atoms in total. The van der Waals surface area contributed by atoms with E-state index >= 15 is 0 Å². The summed E-state index contributed by atoms with van der Waals surface area (Å²) in [6, 6.07) is 1.68. The summed E-state index contributed by atoms with van der Waals surface area (Å²) in [7, 11) is 0. The number of pyridine rings is 1. The molecule has 11 heavy (non-hydrogen) atoms. The van der Waals surface area contributed by atoms with E-state index in [0.29, 0.717) is 5.56 Å². The van der Waals surface area contributed by atoms with Crippen LogP contribution in [0.4, 0.5) is 4.39 Å². The molecule has 0 atom stereocenters. The lowest BCUT2D eigenvalue weighted by molar-refractivity contribution is 0.605. The van der Waals surface area contributed by atoms with E-state index in [0.717, 1.165) is 5.56 Å². The molecule has 0 aromatic carbocycles. The van der Waals surface area contributed by atoms with Crippen LogP contribution >= 0.6 is 0 Å². The number of hydrogen-bond acceptors (Lipinski definition) is 2. The molecule has 0 aliphatic rings. The summed E-state index contributed by atoms with van der Waals surface area (Å²) in [5, 5.41) is 8.38. The highest BCUT2D eigenvalue weighted by Crippen LogP contribution is 2.12. The van der Waals surface area contributed by atoms with Crippen molar-refractivity contribution in [3.8, 4) is 6.07 Å². The Hall–Kier alpha value is -1.43. The van der Waals surface area contributed by atoms with Crippen LogP contribution in [0.25, 0.3) is 0 Å². The molecule has 1 aromatic heterocycles. The van der Waals surface area contributed by atoms with E-state index in [4.69, 9.17) is 5.26 Å². The molecule has 1 rings (SSSR count). The van der Waals surface area contributed by atoms with Gasteiger partial charge in [-0.1, -0.05) is 0 Å². The predicted molar refractivity (Wildman–Crippen MR) is 38.4 cm³/mol. The second-order valence-electron chi connectivity index (χ2n) is 2.34.